The highest BCUT2D eigenvalue weighted by molar-refractivity contribution is 7.99. The molecule has 3 nitrogen and oxygen atoms in total. The third kappa shape index (κ3) is 4.79. The van der Waals surface area contributed by atoms with Crippen molar-refractivity contribution in [3.05, 3.63) is 34.3 Å². The van der Waals surface area contributed by atoms with Gasteiger partial charge in [0.25, 0.3) is 5.91 Å². The van der Waals surface area contributed by atoms with E-state index < -0.39 is 17.6 Å². The first-order valence-corrected chi connectivity index (χ1v) is 7.68. The van der Waals surface area contributed by atoms with E-state index in [4.69, 9.17) is 16.7 Å². The maximum absolute atomic E-state index is 12.5. The van der Waals surface area contributed by atoms with Crippen molar-refractivity contribution in [1.82, 2.24) is 5.32 Å². The highest BCUT2D eigenvalue weighted by atomic mass is 35.5. The number of carbonyl (C=O) groups excluding carboxylic acids is 1. The summed E-state index contributed by atoms with van der Waals surface area (Å²) >= 11 is 7.12. The van der Waals surface area contributed by atoms with Gasteiger partial charge in [-0.3, -0.25) is 4.79 Å². The summed E-state index contributed by atoms with van der Waals surface area (Å²) in [5.74, 6) is -0.575. The number of carbonyl (C=O) groups is 1. The quantitative estimate of drug-likeness (QED) is 0.864. The van der Waals surface area contributed by atoms with Gasteiger partial charge in [-0.05, 0) is 31.4 Å². The van der Waals surface area contributed by atoms with E-state index in [9.17, 15) is 18.0 Å². The summed E-state index contributed by atoms with van der Waals surface area (Å²) in [6.07, 6.45) is -2.72. The Morgan fingerprint density at radius 3 is 2.52 bits per heavy atom. The summed E-state index contributed by atoms with van der Waals surface area (Å²) in [5.41, 5.74) is -0.941. The number of alkyl halides is 3. The average Bonchev–Trinajstić information content (AvgIpc) is 2.38. The number of hydrogen-bond donors (Lipinski definition) is 2. The number of nitrogens with one attached hydrogen (secondary N) is 1. The molecule has 0 radical (unpaired) electrons. The second-order valence-electron chi connectivity index (χ2n) is 4.41. The molecule has 0 saturated heterocycles. The van der Waals surface area contributed by atoms with E-state index in [-0.39, 0.29) is 28.5 Å². The lowest BCUT2D eigenvalue weighted by atomic mass is 10.1. The van der Waals surface area contributed by atoms with Gasteiger partial charge in [-0.15, -0.1) is 0 Å². The average molecular weight is 342 g/mol. The highest BCUT2D eigenvalue weighted by Gasteiger charge is 2.31. The van der Waals surface area contributed by atoms with Gasteiger partial charge >= 0.3 is 6.18 Å². The Kier molecular flexibility index (Phi) is 6.37. The molecular weight excluding hydrogens is 327 g/mol. The Bertz CT molecular complexity index is 507. The maximum Gasteiger partial charge on any atom is 0.416 e. The van der Waals surface area contributed by atoms with Crippen molar-refractivity contribution in [2.24, 2.45) is 0 Å². The van der Waals surface area contributed by atoms with Crippen LogP contribution in [0, 0.1) is 0 Å². The maximum atomic E-state index is 12.5. The van der Waals surface area contributed by atoms with E-state index >= 15 is 0 Å². The Balaban J connectivity index is 2.89. The molecule has 1 aromatic carbocycles. The fourth-order valence-electron chi connectivity index (χ4n) is 1.69. The van der Waals surface area contributed by atoms with Crippen LogP contribution in [-0.4, -0.2) is 35.2 Å². The molecule has 0 saturated carbocycles. The van der Waals surface area contributed by atoms with Crippen molar-refractivity contribution < 1.29 is 23.1 Å². The number of amides is 1. The molecule has 0 heterocycles. The molecule has 2 atom stereocenters. The van der Waals surface area contributed by atoms with Crippen LogP contribution in [0.3, 0.4) is 0 Å². The lowest BCUT2D eigenvalue weighted by molar-refractivity contribution is -0.137. The second kappa shape index (κ2) is 7.38. The summed E-state index contributed by atoms with van der Waals surface area (Å²) in [4.78, 5) is 12.0. The number of aliphatic hydroxyl groups is 1. The molecule has 2 N–H and O–H groups in total. The SMILES string of the molecule is CS[C@H](CO)[C@@H](C)NC(=O)c1ccc(C(F)(F)F)cc1Cl. The van der Waals surface area contributed by atoms with Crippen LogP contribution in [0.1, 0.15) is 22.8 Å². The lowest BCUT2D eigenvalue weighted by Gasteiger charge is -2.21. The molecule has 0 fully saturated rings. The Morgan fingerprint density at radius 1 is 1.48 bits per heavy atom. The van der Waals surface area contributed by atoms with E-state index in [0.717, 1.165) is 18.2 Å². The van der Waals surface area contributed by atoms with E-state index in [1.54, 1.807) is 13.2 Å². The number of aliphatic hydroxyl groups excluding tert-OH is 1. The van der Waals surface area contributed by atoms with Crippen LogP contribution in [0.5, 0.6) is 0 Å². The number of rotatable bonds is 5. The summed E-state index contributed by atoms with van der Waals surface area (Å²) < 4.78 is 37.6. The molecule has 118 valence electrons. The molecule has 1 aromatic rings. The number of thioether (sulfide) groups is 1. The monoisotopic (exact) mass is 341 g/mol. The van der Waals surface area contributed by atoms with E-state index in [0.29, 0.717) is 0 Å². The van der Waals surface area contributed by atoms with Crippen molar-refractivity contribution >= 4 is 29.3 Å². The number of benzene rings is 1. The Morgan fingerprint density at radius 2 is 2.10 bits per heavy atom. The van der Waals surface area contributed by atoms with Crippen molar-refractivity contribution in [1.29, 1.82) is 0 Å². The van der Waals surface area contributed by atoms with E-state index in [1.165, 1.54) is 11.8 Å². The zero-order valence-electron chi connectivity index (χ0n) is 11.4. The van der Waals surface area contributed by atoms with Crippen LogP contribution < -0.4 is 5.32 Å². The lowest BCUT2D eigenvalue weighted by Crippen LogP contribution is -2.41. The zero-order chi connectivity index (χ0) is 16.2. The predicted octanol–water partition coefficient (Wildman–Crippen LogP) is 3.20. The molecule has 0 bridgehead atoms. The van der Waals surface area contributed by atoms with Gasteiger partial charge in [-0.2, -0.15) is 24.9 Å². The molecule has 1 rings (SSSR count). The Labute approximate surface area is 129 Å². The number of hydrogen-bond acceptors (Lipinski definition) is 3. The molecule has 1 amide bonds. The molecule has 0 aliphatic rings. The molecular formula is C13H15ClF3NO2S. The first-order chi connectivity index (χ1) is 9.70. The van der Waals surface area contributed by atoms with Gasteiger partial charge in [0, 0.05) is 11.3 Å². The minimum atomic E-state index is -4.51. The fourth-order valence-corrected chi connectivity index (χ4v) is 2.58. The summed E-state index contributed by atoms with van der Waals surface area (Å²) in [7, 11) is 0. The van der Waals surface area contributed by atoms with Crippen molar-refractivity contribution in [3.8, 4) is 0 Å². The molecule has 8 heteroatoms. The minimum absolute atomic E-state index is 0.0330. The third-order valence-corrected chi connectivity index (χ3v) is 4.42. The molecule has 21 heavy (non-hydrogen) atoms. The van der Waals surface area contributed by atoms with Crippen LogP contribution in [-0.2, 0) is 6.18 Å². The standard InChI is InChI=1S/C13H15ClF3NO2S/c1-7(11(6-19)21-2)18-12(20)9-4-3-8(5-10(9)14)13(15,16)17/h3-5,7,11,19H,6H2,1-2H3,(H,18,20)/t7-,11-/m1/s1. The van der Waals surface area contributed by atoms with Gasteiger partial charge < -0.3 is 10.4 Å². The van der Waals surface area contributed by atoms with Crippen LogP contribution >= 0.6 is 23.4 Å². The largest absolute Gasteiger partial charge is 0.416 e. The molecule has 0 aliphatic carbocycles. The summed E-state index contributed by atoms with van der Waals surface area (Å²) in [5, 5.41) is 11.3. The van der Waals surface area contributed by atoms with Crippen molar-refractivity contribution in [2.45, 2.75) is 24.4 Å². The molecule has 0 unspecified atom stereocenters. The van der Waals surface area contributed by atoms with Gasteiger partial charge in [-0.1, -0.05) is 11.6 Å². The second-order valence-corrected chi connectivity index (χ2v) is 5.90. The van der Waals surface area contributed by atoms with E-state index in [1.807, 2.05) is 0 Å². The van der Waals surface area contributed by atoms with Gasteiger partial charge in [0.05, 0.1) is 22.8 Å². The Hall–Kier alpha value is -0.920. The predicted molar refractivity (Wildman–Crippen MR) is 77.8 cm³/mol. The van der Waals surface area contributed by atoms with Gasteiger partial charge in [0.1, 0.15) is 0 Å². The minimum Gasteiger partial charge on any atom is -0.395 e. The van der Waals surface area contributed by atoms with Crippen molar-refractivity contribution in [2.75, 3.05) is 12.9 Å². The topological polar surface area (TPSA) is 49.3 Å². The van der Waals surface area contributed by atoms with Crippen LogP contribution in [0.2, 0.25) is 5.02 Å². The number of halogens is 4. The first-order valence-electron chi connectivity index (χ1n) is 6.02. The van der Waals surface area contributed by atoms with Crippen LogP contribution in [0.4, 0.5) is 13.2 Å². The first kappa shape index (κ1) is 18.1. The van der Waals surface area contributed by atoms with Crippen LogP contribution in [0.25, 0.3) is 0 Å². The summed E-state index contributed by atoms with van der Waals surface area (Å²) in [6, 6.07) is 2.22. The van der Waals surface area contributed by atoms with Crippen LogP contribution in [0.15, 0.2) is 18.2 Å². The normalized spacial score (nSPS) is 14.6. The highest BCUT2D eigenvalue weighted by Crippen LogP contribution is 2.32. The smallest absolute Gasteiger partial charge is 0.395 e. The fraction of sp³-hybridized carbons (Fsp3) is 0.462. The third-order valence-electron chi connectivity index (χ3n) is 2.94. The summed E-state index contributed by atoms with van der Waals surface area (Å²) in [6.45, 7) is 1.58. The van der Waals surface area contributed by atoms with Gasteiger partial charge in [-0.25, -0.2) is 0 Å². The molecule has 0 aliphatic heterocycles. The molecule has 0 spiro atoms. The van der Waals surface area contributed by atoms with E-state index in [2.05, 4.69) is 5.32 Å². The molecule has 0 aromatic heterocycles. The van der Waals surface area contributed by atoms with Crippen molar-refractivity contribution in [3.63, 3.8) is 0 Å². The van der Waals surface area contributed by atoms with Gasteiger partial charge in [0.2, 0.25) is 0 Å². The zero-order valence-corrected chi connectivity index (χ0v) is 12.9. The van der Waals surface area contributed by atoms with Gasteiger partial charge in [0.15, 0.2) is 0 Å².